The summed E-state index contributed by atoms with van der Waals surface area (Å²) in [4.78, 5) is 0. The fraction of sp³-hybridized carbons (Fsp3) is 0.200. The maximum absolute atomic E-state index is 13.5. The van der Waals surface area contributed by atoms with Crippen LogP contribution in [0.15, 0.2) is 30.3 Å². The van der Waals surface area contributed by atoms with Crippen LogP contribution < -0.4 is 5.32 Å². The van der Waals surface area contributed by atoms with E-state index in [9.17, 15) is 4.39 Å². The van der Waals surface area contributed by atoms with Crippen molar-refractivity contribution in [2.24, 2.45) is 0 Å². The molecule has 0 saturated carbocycles. The maximum Gasteiger partial charge on any atom is 0.142 e. The molecule has 1 nitrogen and oxygen atoms in total. The Bertz CT molecular complexity index is 643. The van der Waals surface area contributed by atoms with Gasteiger partial charge in [-0.15, -0.1) is 0 Å². The topological polar surface area (TPSA) is 12.0 Å². The summed E-state index contributed by atoms with van der Waals surface area (Å²) in [7, 11) is 0. The number of rotatable bonds is 3. The van der Waals surface area contributed by atoms with Crippen LogP contribution in [-0.4, -0.2) is 0 Å². The Hall–Kier alpha value is -0.960. The molecular weight excluding hydrogens is 320 g/mol. The average molecular weight is 333 g/mol. The second kappa shape index (κ2) is 6.21. The minimum atomic E-state index is -0.491. The van der Waals surface area contributed by atoms with Crippen LogP contribution in [0.1, 0.15) is 24.1 Å². The molecule has 2 rings (SSSR count). The second-order valence-electron chi connectivity index (χ2n) is 4.61. The van der Waals surface area contributed by atoms with E-state index in [0.717, 1.165) is 11.3 Å². The summed E-state index contributed by atoms with van der Waals surface area (Å²) in [6.45, 7) is 3.81. The third-order valence-corrected chi connectivity index (χ3v) is 4.04. The summed E-state index contributed by atoms with van der Waals surface area (Å²) < 4.78 is 13.5. The fourth-order valence-corrected chi connectivity index (χ4v) is 2.97. The van der Waals surface area contributed by atoms with E-state index in [4.69, 9.17) is 34.8 Å². The highest BCUT2D eigenvalue weighted by Crippen LogP contribution is 2.35. The van der Waals surface area contributed by atoms with E-state index in [0.29, 0.717) is 15.6 Å². The lowest BCUT2D eigenvalue weighted by Gasteiger charge is -2.19. The first-order valence-corrected chi connectivity index (χ1v) is 7.19. The van der Waals surface area contributed by atoms with Crippen LogP contribution in [-0.2, 0) is 0 Å². The van der Waals surface area contributed by atoms with Crippen molar-refractivity contribution in [3.8, 4) is 0 Å². The number of aryl methyl sites for hydroxylation is 1. The SMILES string of the molecule is Cc1ccc(NC(C)c2c(Cl)ccc(F)c2Cl)c(Cl)c1. The summed E-state index contributed by atoms with van der Waals surface area (Å²) in [5.74, 6) is -0.491. The number of benzene rings is 2. The van der Waals surface area contributed by atoms with Gasteiger partial charge in [0.25, 0.3) is 0 Å². The third kappa shape index (κ3) is 3.20. The van der Waals surface area contributed by atoms with Gasteiger partial charge in [-0.1, -0.05) is 40.9 Å². The van der Waals surface area contributed by atoms with Gasteiger partial charge in [0, 0.05) is 10.6 Å². The minimum absolute atomic E-state index is 0.0285. The van der Waals surface area contributed by atoms with E-state index in [2.05, 4.69) is 5.32 Å². The largest absolute Gasteiger partial charge is 0.377 e. The minimum Gasteiger partial charge on any atom is -0.377 e. The van der Waals surface area contributed by atoms with Gasteiger partial charge < -0.3 is 5.32 Å². The predicted molar refractivity (Wildman–Crippen MR) is 84.6 cm³/mol. The Labute approximate surface area is 132 Å². The van der Waals surface area contributed by atoms with Crippen molar-refractivity contribution in [3.05, 3.63) is 62.3 Å². The number of nitrogens with one attached hydrogen (secondary N) is 1. The highest BCUT2D eigenvalue weighted by atomic mass is 35.5. The van der Waals surface area contributed by atoms with Gasteiger partial charge in [-0.3, -0.25) is 0 Å². The van der Waals surface area contributed by atoms with Crippen LogP contribution in [0.3, 0.4) is 0 Å². The lowest BCUT2D eigenvalue weighted by Crippen LogP contribution is -2.09. The Morgan fingerprint density at radius 2 is 1.75 bits per heavy atom. The number of anilines is 1. The second-order valence-corrected chi connectivity index (χ2v) is 5.80. The molecule has 0 heterocycles. The van der Waals surface area contributed by atoms with Crippen molar-refractivity contribution in [2.45, 2.75) is 19.9 Å². The summed E-state index contributed by atoms with van der Waals surface area (Å²) >= 11 is 18.3. The van der Waals surface area contributed by atoms with Crippen molar-refractivity contribution in [1.29, 1.82) is 0 Å². The molecule has 0 amide bonds. The first-order valence-electron chi connectivity index (χ1n) is 6.06. The molecule has 0 spiro atoms. The average Bonchev–Trinajstić information content (AvgIpc) is 2.38. The van der Waals surface area contributed by atoms with Crippen LogP contribution in [0.25, 0.3) is 0 Å². The monoisotopic (exact) mass is 331 g/mol. The van der Waals surface area contributed by atoms with Crippen LogP contribution in [0.2, 0.25) is 15.1 Å². The van der Waals surface area contributed by atoms with Gasteiger partial charge in [-0.25, -0.2) is 4.39 Å². The molecular formula is C15H13Cl3FN. The normalized spacial score (nSPS) is 12.3. The summed E-state index contributed by atoms with van der Waals surface area (Å²) in [5.41, 5.74) is 2.33. The van der Waals surface area contributed by atoms with E-state index >= 15 is 0 Å². The Morgan fingerprint density at radius 1 is 1.05 bits per heavy atom. The van der Waals surface area contributed by atoms with Crippen molar-refractivity contribution in [3.63, 3.8) is 0 Å². The van der Waals surface area contributed by atoms with E-state index < -0.39 is 5.82 Å². The van der Waals surface area contributed by atoms with Crippen molar-refractivity contribution >= 4 is 40.5 Å². The molecule has 2 aromatic rings. The highest BCUT2D eigenvalue weighted by molar-refractivity contribution is 6.36. The van der Waals surface area contributed by atoms with Gasteiger partial charge in [0.1, 0.15) is 5.82 Å². The predicted octanol–water partition coefficient (Wildman–Crippen LogP) is 6.27. The molecule has 1 unspecified atom stereocenters. The van der Waals surface area contributed by atoms with Gasteiger partial charge in [0.15, 0.2) is 0 Å². The van der Waals surface area contributed by atoms with Crippen molar-refractivity contribution in [2.75, 3.05) is 5.32 Å². The van der Waals surface area contributed by atoms with Crippen LogP contribution in [0.5, 0.6) is 0 Å². The summed E-state index contributed by atoms with van der Waals surface area (Å²) in [6, 6.07) is 8.13. The van der Waals surface area contributed by atoms with Gasteiger partial charge >= 0.3 is 0 Å². The van der Waals surface area contributed by atoms with E-state index in [-0.39, 0.29) is 11.1 Å². The molecule has 0 aliphatic rings. The van der Waals surface area contributed by atoms with E-state index in [1.165, 1.54) is 12.1 Å². The fourth-order valence-electron chi connectivity index (χ4n) is 1.98. The lowest BCUT2D eigenvalue weighted by atomic mass is 10.1. The smallest absolute Gasteiger partial charge is 0.142 e. The molecule has 20 heavy (non-hydrogen) atoms. The lowest BCUT2D eigenvalue weighted by molar-refractivity contribution is 0.624. The molecule has 1 N–H and O–H groups in total. The number of hydrogen-bond donors (Lipinski definition) is 1. The first-order chi connectivity index (χ1) is 9.40. The molecule has 0 bridgehead atoms. The van der Waals surface area contributed by atoms with Gasteiger partial charge in [-0.05, 0) is 43.7 Å². The molecule has 1 atom stereocenters. The molecule has 2 aromatic carbocycles. The van der Waals surface area contributed by atoms with Crippen LogP contribution in [0.4, 0.5) is 10.1 Å². The molecule has 106 valence electrons. The summed E-state index contributed by atoms with van der Waals surface area (Å²) in [5, 5.41) is 4.24. The molecule has 0 aliphatic carbocycles. The van der Waals surface area contributed by atoms with Crippen LogP contribution >= 0.6 is 34.8 Å². The Kier molecular flexibility index (Phi) is 4.79. The number of hydrogen-bond acceptors (Lipinski definition) is 1. The quantitative estimate of drug-likeness (QED) is 0.653. The maximum atomic E-state index is 13.5. The molecule has 0 fully saturated rings. The third-order valence-electron chi connectivity index (χ3n) is 3.01. The highest BCUT2D eigenvalue weighted by Gasteiger charge is 2.17. The molecule has 0 saturated heterocycles. The van der Waals surface area contributed by atoms with Crippen molar-refractivity contribution in [1.82, 2.24) is 0 Å². The molecule has 0 aromatic heterocycles. The zero-order valence-electron chi connectivity index (χ0n) is 11.0. The van der Waals surface area contributed by atoms with Gasteiger partial charge in [0.05, 0.1) is 21.8 Å². The zero-order valence-corrected chi connectivity index (χ0v) is 13.2. The Balaban J connectivity index is 2.33. The standard InChI is InChI=1S/C15H13Cl3FN/c1-8-3-6-13(11(17)7-8)20-9(2)14-10(16)4-5-12(19)15(14)18/h3-7,9,20H,1-2H3. The van der Waals surface area contributed by atoms with E-state index in [1.54, 1.807) is 0 Å². The van der Waals surface area contributed by atoms with Gasteiger partial charge in [-0.2, -0.15) is 0 Å². The molecule has 0 aliphatic heterocycles. The summed E-state index contributed by atoms with van der Waals surface area (Å²) in [6.07, 6.45) is 0. The molecule has 0 radical (unpaired) electrons. The van der Waals surface area contributed by atoms with Gasteiger partial charge in [0.2, 0.25) is 0 Å². The van der Waals surface area contributed by atoms with Crippen molar-refractivity contribution < 1.29 is 4.39 Å². The Morgan fingerprint density at radius 3 is 2.40 bits per heavy atom. The molecule has 5 heteroatoms. The number of halogens is 4. The zero-order chi connectivity index (χ0) is 14.9. The van der Waals surface area contributed by atoms with Crippen LogP contribution in [0, 0.1) is 12.7 Å². The van der Waals surface area contributed by atoms with E-state index in [1.807, 2.05) is 32.0 Å². The first kappa shape index (κ1) is 15.4.